The van der Waals surface area contributed by atoms with Crippen molar-refractivity contribution < 1.29 is 24.8 Å². The standard InChI is InChI=1S/C18H20N4O5/c1-26-10-4-2-9(3-5-10)11-6-22(17-13(11)16(19)20-8-21-17)18-15(25)14(24)12(7-23)27-18/h2-6,8,12,14-15,18,23-25H,7H2,1H3,(H2,19,20,21)/t12-,14-,15-,18-/m1/s1. The highest BCUT2D eigenvalue weighted by atomic mass is 16.6. The number of anilines is 1. The summed E-state index contributed by atoms with van der Waals surface area (Å²) in [7, 11) is 1.59. The summed E-state index contributed by atoms with van der Waals surface area (Å²) in [5.41, 5.74) is 8.16. The van der Waals surface area contributed by atoms with Crippen LogP contribution in [0.5, 0.6) is 5.75 Å². The highest BCUT2D eigenvalue weighted by Crippen LogP contribution is 2.38. The van der Waals surface area contributed by atoms with Crippen LogP contribution in [0.4, 0.5) is 5.82 Å². The summed E-state index contributed by atoms with van der Waals surface area (Å²) in [5, 5.41) is 30.4. The summed E-state index contributed by atoms with van der Waals surface area (Å²) in [5.74, 6) is 1.01. The first-order valence-electron chi connectivity index (χ1n) is 8.43. The minimum Gasteiger partial charge on any atom is -0.497 e. The Balaban J connectivity index is 1.87. The molecular formula is C18H20N4O5. The first kappa shape index (κ1) is 17.7. The minimum atomic E-state index is -1.22. The molecule has 0 amide bonds. The predicted octanol–water partition coefficient (Wildman–Crippen LogP) is 0.301. The molecular weight excluding hydrogens is 352 g/mol. The quantitative estimate of drug-likeness (QED) is 0.513. The van der Waals surface area contributed by atoms with Crippen LogP contribution in [0.1, 0.15) is 6.23 Å². The normalized spacial score (nSPS) is 25.2. The van der Waals surface area contributed by atoms with Crippen molar-refractivity contribution in [3.63, 3.8) is 0 Å². The van der Waals surface area contributed by atoms with Crippen LogP contribution >= 0.6 is 0 Å². The molecule has 1 aromatic carbocycles. The van der Waals surface area contributed by atoms with Crippen molar-refractivity contribution in [1.29, 1.82) is 0 Å². The molecule has 1 aliphatic heterocycles. The lowest BCUT2D eigenvalue weighted by Gasteiger charge is -2.17. The maximum atomic E-state index is 10.4. The molecule has 5 N–H and O–H groups in total. The molecule has 27 heavy (non-hydrogen) atoms. The van der Waals surface area contributed by atoms with E-state index in [9.17, 15) is 15.3 Å². The van der Waals surface area contributed by atoms with E-state index in [1.807, 2.05) is 24.3 Å². The monoisotopic (exact) mass is 372 g/mol. The summed E-state index contributed by atoms with van der Waals surface area (Å²) < 4.78 is 12.4. The molecule has 0 unspecified atom stereocenters. The van der Waals surface area contributed by atoms with Crippen LogP contribution in [0.15, 0.2) is 36.8 Å². The molecule has 4 rings (SSSR count). The fraction of sp³-hybridized carbons (Fsp3) is 0.333. The van der Waals surface area contributed by atoms with E-state index in [0.717, 1.165) is 16.9 Å². The zero-order valence-electron chi connectivity index (χ0n) is 14.6. The van der Waals surface area contributed by atoms with Crippen molar-refractivity contribution in [3.05, 3.63) is 36.8 Å². The Labute approximate surface area is 154 Å². The Morgan fingerprint density at radius 3 is 2.56 bits per heavy atom. The number of aliphatic hydroxyl groups excluding tert-OH is 3. The van der Waals surface area contributed by atoms with Crippen LogP contribution in [-0.2, 0) is 4.74 Å². The first-order valence-corrected chi connectivity index (χ1v) is 8.43. The number of nitrogen functional groups attached to an aromatic ring is 1. The maximum Gasteiger partial charge on any atom is 0.164 e. The second-order valence-electron chi connectivity index (χ2n) is 6.36. The second-order valence-corrected chi connectivity index (χ2v) is 6.36. The average Bonchev–Trinajstić information content (AvgIpc) is 3.21. The lowest BCUT2D eigenvalue weighted by molar-refractivity contribution is -0.0508. The average molecular weight is 372 g/mol. The number of rotatable bonds is 4. The van der Waals surface area contributed by atoms with Crippen LogP contribution in [0.2, 0.25) is 0 Å². The number of ether oxygens (including phenoxy) is 2. The molecule has 3 aromatic rings. The van der Waals surface area contributed by atoms with Gasteiger partial charge in [-0.15, -0.1) is 0 Å². The molecule has 1 fully saturated rings. The van der Waals surface area contributed by atoms with E-state index < -0.39 is 31.1 Å². The number of nitrogens with zero attached hydrogens (tertiary/aromatic N) is 3. The third-order valence-corrected chi connectivity index (χ3v) is 4.83. The van der Waals surface area contributed by atoms with Gasteiger partial charge in [0.25, 0.3) is 0 Å². The second kappa shape index (κ2) is 6.78. The lowest BCUT2D eigenvalue weighted by atomic mass is 10.1. The van der Waals surface area contributed by atoms with Gasteiger partial charge in [0.1, 0.15) is 41.9 Å². The van der Waals surface area contributed by atoms with E-state index in [1.165, 1.54) is 6.33 Å². The molecule has 0 aliphatic carbocycles. The number of nitrogens with two attached hydrogens (primary N) is 1. The molecule has 0 bridgehead atoms. The van der Waals surface area contributed by atoms with E-state index in [1.54, 1.807) is 17.9 Å². The lowest BCUT2D eigenvalue weighted by Crippen LogP contribution is -2.33. The van der Waals surface area contributed by atoms with Gasteiger partial charge in [-0.05, 0) is 17.7 Å². The van der Waals surface area contributed by atoms with Gasteiger partial charge in [-0.1, -0.05) is 12.1 Å². The van der Waals surface area contributed by atoms with Crippen molar-refractivity contribution in [1.82, 2.24) is 14.5 Å². The molecule has 9 heteroatoms. The van der Waals surface area contributed by atoms with Gasteiger partial charge in [-0.2, -0.15) is 0 Å². The van der Waals surface area contributed by atoms with Crippen LogP contribution in [0, 0.1) is 0 Å². The zero-order chi connectivity index (χ0) is 19.1. The maximum absolute atomic E-state index is 10.4. The van der Waals surface area contributed by atoms with Gasteiger partial charge in [0.2, 0.25) is 0 Å². The number of benzene rings is 1. The SMILES string of the molecule is COc1ccc(-c2cn([C@@H]3O[C@H](CO)[C@@H](O)[C@H]3O)c3ncnc(N)c23)cc1. The van der Waals surface area contributed by atoms with Crippen LogP contribution < -0.4 is 10.5 Å². The van der Waals surface area contributed by atoms with Crippen molar-refractivity contribution in [2.45, 2.75) is 24.5 Å². The van der Waals surface area contributed by atoms with Crippen molar-refractivity contribution in [2.75, 3.05) is 19.5 Å². The smallest absolute Gasteiger partial charge is 0.164 e. The molecule has 0 spiro atoms. The molecule has 2 aromatic heterocycles. The van der Waals surface area contributed by atoms with E-state index in [2.05, 4.69) is 9.97 Å². The van der Waals surface area contributed by atoms with E-state index >= 15 is 0 Å². The van der Waals surface area contributed by atoms with Crippen LogP contribution in [-0.4, -0.2) is 61.9 Å². The van der Waals surface area contributed by atoms with Gasteiger partial charge >= 0.3 is 0 Å². The van der Waals surface area contributed by atoms with E-state index in [0.29, 0.717) is 11.0 Å². The minimum absolute atomic E-state index is 0.288. The Bertz CT molecular complexity index is 958. The number of aliphatic hydroxyl groups is 3. The molecule has 0 saturated carbocycles. The fourth-order valence-corrected chi connectivity index (χ4v) is 3.40. The predicted molar refractivity (Wildman–Crippen MR) is 96.9 cm³/mol. The van der Waals surface area contributed by atoms with Gasteiger partial charge in [-0.3, -0.25) is 0 Å². The Kier molecular flexibility index (Phi) is 4.44. The first-order chi connectivity index (χ1) is 13.0. The number of fused-ring (bicyclic) bond motifs is 1. The summed E-state index contributed by atoms with van der Waals surface area (Å²) in [6.07, 6.45) is -1.16. The molecule has 1 aliphatic rings. The Morgan fingerprint density at radius 1 is 1.19 bits per heavy atom. The zero-order valence-corrected chi connectivity index (χ0v) is 14.6. The summed E-state index contributed by atoms with van der Waals surface area (Å²) in [6.45, 7) is -0.406. The molecule has 9 nitrogen and oxygen atoms in total. The highest BCUT2D eigenvalue weighted by Gasteiger charge is 2.44. The van der Waals surface area contributed by atoms with Crippen LogP contribution in [0.25, 0.3) is 22.2 Å². The Hall–Kier alpha value is -2.72. The third-order valence-electron chi connectivity index (χ3n) is 4.83. The fourth-order valence-electron chi connectivity index (χ4n) is 3.40. The molecule has 0 radical (unpaired) electrons. The molecule has 4 atom stereocenters. The largest absolute Gasteiger partial charge is 0.497 e. The van der Waals surface area contributed by atoms with Crippen molar-refractivity contribution >= 4 is 16.9 Å². The summed E-state index contributed by atoms with van der Waals surface area (Å²) >= 11 is 0. The van der Waals surface area contributed by atoms with Crippen LogP contribution in [0.3, 0.4) is 0 Å². The number of aromatic nitrogens is 3. The number of hydrogen-bond donors (Lipinski definition) is 4. The van der Waals surface area contributed by atoms with Gasteiger partial charge < -0.3 is 35.1 Å². The van der Waals surface area contributed by atoms with E-state index in [4.69, 9.17) is 15.2 Å². The highest BCUT2D eigenvalue weighted by molar-refractivity contribution is 6.00. The van der Waals surface area contributed by atoms with Crippen molar-refractivity contribution in [3.8, 4) is 16.9 Å². The molecule has 3 heterocycles. The summed E-state index contributed by atoms with van der Waals surface area (Å²) in [6, 6.07) is 7.40. The van der Waals surface area contributed by atoms with E-state index in [-0.39, 0.29) is 5.82 Å². The number of hydrogen-bond acceptors (Lipinski definition) is 8. The van der Waals surface area contributed by atoms with Gasteiger partial charge in [0, 0.05) is 11.8 Å². The van der Waals surface area contributed by atoms with Gasteiger partial charge in [0.15, 0.2) is 6.23 Å². The van der Waals surface area contributed by atoms with Crippen molar-refractivity contribution in [2.24, 2.45) is 0 Å². The number of methoxy groups -OCH3 is 1. The molecule has 1 saturated heterocycles. The molecule has 142 valence electrons. The Morgan fingerprint density at radius 2 is 1.93 bits per heavy atom. The third kappa shape index (κ3) is 2.81. The van der Waals surface area contributed by atoms with Gasteiger partial charge in [0.05, 0.1) is 19.1 Å². The van der Waals surface area contributed by atoms with Gasteiger partial charge in [-0.25, -0.2) is 9.97 Å². The summed E-state index contributed by atoms with van der Waals surface area (Å²) in [4.78, 5) is 8.36. The topological polar surface area (TPSA) is 136 Å².